The molecule has 1 aromatic heterocycles. The summed E-state index contributed by atoms with van der Waals surface area (Å²) in [4.78, 5) is 23.5. The lowest BCUT2D eigenvalue weighted by Gasteiger charge is -2.07. The number of hydrogen-bond donors (Lipinski definition) is 1. The zero-order valence-electron chi connectivity index (χ0n) is 14.3. The highest BCUT2D eigenvalue weighted by Crippen LogP contribution is 2.19. The first kappa shape index (κ1) is 18.9. The molecule has 138 valence electrons. The number of halogens is 1. The van der Waals surface area contributed by atoms with Crippen molar-refractivity contribution in [2.75, 3.05) is 5.43 Å². The standard InChI is InChI=1S/C19H16ClN3O3S/c1-12-5-2-3-8-15(12)22-21-10-16-17(20)23(19(26)27-16)11-13-6-4-7-14(9-13)18(24)25/h2-10,22H,11H2,1H3,(H,24,25)/p-1/b21-10-. The molecule has 0 fully saturated rings. The van der Waals surface area contributed by atoms with Crippen LogP contribution in [0, 0.1) is 6.92 Å². The van der Waals surface area contributed by atoms with Gasteiger partial charge < -0.3 is 9.90 Å². The molecule has 0 radical (unpaired) electrons. The third-order valence-corrected chi connectivity index (χ3v) is 5.31. The Morgan fingerprint density at radius 3 is 2.81 bits per heavy atom. The molecule has 2 aromatic carbocycles. The molecular weight excluding hydrogens is 386 g/mol. The predicted molar refractivity (Wildman–Crippen MR) is 106 cm³/mol. The number of nitrogens with one attached hydrogen (secondary N) is 1. The minimum atomic E-state index is -1.27. The van der Waals surface area contributed by atoms with Gasteiger partial charge in [0.2, 0.25) is 0 Å². The van der Waals surface area contributed by atoms with Crippen LogP contribution in [0.5, 0.6) is 0 Å². The smallest absolute Gasteiger partial charge is 0.309 e. The van der Waals surface area contributed by atoms with Gasteiger partial charge in [0.15, 0.2) is 0 Å². The van der Waals surface area contributed by atoms with E-state index in [-0.39, 0.29) is 22.1 Å². The van der Waals surface area contributed by atoms with Gasteiger partial charge in [-0.25, -0.2) is 0 Å². The van der Waals surface area contributed by atoms with E-state index in [0.717, 1.165) is 22.6 Å². The third-order valence-electron chi connectivity index (χ3n) is 3.87. The van der Waals surface area contributed by atoms with Gasteiger partial charge in [-0.15, -0.1) is 0 Å². The van der Waals surface area contributed by atoms with E-state index in [1.807, 2.05) is 31.2 Å². The number of hydrazone groups is 1. The molecule has 27 heavy (non-hydrogen) atoms. The highest BCUT2D eigenvalue weighted by molar-refractivity contribution is 7.11. The first-order valence-corrected chi connectivity index (χ1v) is 9.19. The summed E-state index contributed by atoms with van der Waals surface area (Å²) in [7, 11) is 0. The Kier molecular flexibility index (Phi) is 5.73. The number of anilines is 1. The van der Waals surface area contributed by atoms with Crippen LogP contribution in [0.2, 0.25) is 5.15 Å². The predicted octanol–water partition coefficient (Wildman–Crippen LogP) is 2.73. The number of benzene rings is 2. The number of hydrogen-bond acceptors (Lipinski definition) is 6. The second kappa shape index (κ2) is 8.20. The molecule has 0 amide bonds. The maximum absolute atomic E-state index is 12.3. The maximum Gasteiger partial charge on any atom is 0.309 e. The summed E-state index contributed by atoms with van der Waals surface area (Å²) in [5.41, 5.74) is 5.51. The lowest BCUT2D eigenvalue weighted by molar-refractivity contribution is -0.255. The van der Waals surface area contributed by atoms with Crippen molar-refractivity contribution in [3.05, 3.63) is 84.9 Å². The SMILES string of the molecule is Cc1ccccc1N/N=C\c1sc(=O)n(Cc2cccc(C(=O)[O-])c2)c1Cl. The third kappa shape index (κ3) is 4.45. The van der Waals surface area contributed by atoms with Crippen molar-refractivity contribution >= 4 is 40.8 Å². The van der Waals surface area contributed by atoms with Gasteiger partial charge in [0.1, 0.15) is 5.15 Å². The van der Waals surface area contributed by atoms with Crippen LogP contribution >= 0.6 is 22.9 Å². The van der Waals surface area contributed by atoms with Gasteiger partial charge >= 0.3 is 4.87 Å². The number of para-hydroxylation sites is 1. The van der Waals surface area contributed by atoms with Crippen LogP contribution in [-0.2, 0) is 6.54 Å². The summed E-state index contributed by atoms with van der Waals surface area (Å²) in [6.45, 7) is 2.12. The number of nitrogens with zero attached hydrogens (tertiary/aromatic N) is 2. The van der Waals surface area contributed by atoms with E-state index in [0.29, 0.717) is 10.4 Å². The molecule has 3 rings (SSSR count). The minimum Gasteiger partial charge on any atom is -0.545 e. The number of carboxylic acids is 1. The number of aromatic carboxylic acids is 1. The van der Waals surface area contributed by atoms with Gasteiger partial charge in [-0.2, -0.15) is 5.10 Å². The monoisotopic (exact) mass is 400 g/mol. The van der Waals surface area contributed by atoms with Crippen LogP contribution in [0.15, 0.2) is 58.4 Å². The molecule has 8 heteroatoms. The van der Waals surface area contributed by atoms with E-state index in [9.17, 15) is 14.7 Å². The van der Waals surface area contributed by atoms with Crippen molar-refractivity contribution < 1.29 is 9.90 Å². The molecule has 0 saturated heterocycles. The molecule has 1 heterocycles. The number of aromatic nitrogens is 1. The average molecular weight is 401 g/mol. The number of carboxylic acid groups (broad SMARTS) is 1. The Morgan fingerprint density at radius 2 is 2.07 bits per heavy atom. The summed E-state index contributed by atoms with van der Waals surface area (Å²) in [5, 5.41) is 15.4. The summed E-state index contributed by atoms with van der Waals surface area (Å²) < 4.78 is 1.37. The summed E-state index contributed by atoms with van der Waals surface area (Å²) in [6.07, 6.45) is 1.49. The highest BCUT2D eigenvalue weighted by Gasteiger charge is 2.12. The number of thiazole rings is 1. The average Bonchev–Trinajstić information content (AvgIpc) is 2.91. The molecule has 0 unspecified atom stereocenters. The highest BCUT2D eigenvalue weighted by atomic mass is 35.5. The molecule has 0 aliphatic carbocycles. The summed E-state index contributed by atoms with van der Waals surface area (Å²) >= 11 is 7.29. The molecule has 0 aliphatic rings. The Labute approximate surface area is 164 Å². The van der Waals surface area contributed by atoms with Crippen molar-refractivity contribution in [1.82, 2.24) is 4.57 Å². The van der Waals surface area contributed by atoms with Gasteiger partial charge in [0.05, 0.1) is 29.3 Å². The maximum atomic E-state index is 12.3. The fourth-order valence-corrected chi connectivity index (χ4v) is 3.56. The van der Waals surface area contributed by atoms with Crippen LogP contribution < -0.4 is 15.4 Å². The van der Waals surface area contributed by atoms with Crippen molar-refractivity contribution in [3.63, 3.8) is 0 Å². The number of rotatable bonds is 6. The number of aryl methyl sites for hydroxylation is 1. The lowest BCUT2D eigenvalue weighted by Crippen LogP contribution is -2.22. The molecule has 1 N–H and O–H groups in total. The van der Waals surface area contributed by atoms with Crippen molar-refractivity contribution in [3.8, 4) is 0 Å². The van der Waals surface area contributed by atoms with Crippen LogP contribution in [0.25, 0.3) is 0 Å². The summed E-state index contributed by atoms with van der Waals surface area (Å²) in [5.74, 6) is -1.27. The fraction of sp³-hybridized carbons (Fsp3) is 0.105. The molecule has 0 spiro atoms. The van der Waals surface area contributed by atoms with Crippen LogP contribution in [0.1, 0.15) is 26.4 Å². The first-order valence-electron chi connectivity index (χ1n) is 8.00. The Bertz CT molecular complexity index is 1070. The van der Waals surface area contributed by atoms with Crippen molar-refractivity contribution in [1.29, 1.82) is 0 Å². The second-order valence-electron chi connectivity index (χ2n) is 5.78. The second-order valence-corrected chi connectivity index (χ2v) is 7.13. The topological polar surface area (TPSA) is 86.5 Å². The first-order chi connectivity index (χ1) is 13.0. The largest absolute Gasteiger partial charge is 0.545 e. The van der Waals surface area contributed by atoms with E-state index < -0.39 is 5.97 Å². The molecule has 0 saturated carbocycles. The van der Waals surface area contributed by atoms with Gasteiger partial charge in [-0.05, 0) is 35.7 Å². The quantitative estimate of drug-likeness (QED) is 0.509. The Morgan fingerprint density at radius 1 is 1.30 bits per heavy atom. The minimum absolute atomic E-state index is 0.0520. The number of carbonyl (C=O) groups excluding carboxylic acids is 1. The zero-order chi connectivity index (χ0) is 19.4. The number of carbonyl (C=O) groups is 1. The van der Waals surface area contributed by atoms with Gasteiger partial charge in [0, 0.05) is 0 Å². The van der Waals surface area contributed by atoms with Crippen molar-refractivity contribution in [2.24, 2.45) is 5.10 Å². The normalized spacial score (nSPS) is 11.0. The van der Waals surface area contributed by atoms with E-state index >= 15 is 0 Å². The van der Waals surface area contributed by atoms with Crippen molar-refractivity contribution in [2.45, 2.75) is 13.5 Å². The molecule has 3 aromatic rings. The van der Waals surface area contributed by atoms with Gasteiger partial charge in [0.25, 0.3) is 0 Å². The molecule has 0 bridgehead atoms. The molecule has 0 aliphatic heterocycles. The zero-order valence-corrected chi connectivity index (χ0v) is 15.9. The van der Waals surface area contributed by atoms with Gasteiger partial charge in [-0.3, -0.25) is 14.8 Å². The van der Waals surface area contributed by atoms with Crippen LogP contribution in [0.3, 0.4) is 0 Å². The Balaban J connectivity index is 1.80. The lowest BCUT2D eigenvalue weighted by atomic mass is 10.1. The Hall–Kier alpha value is -2.90. The van der Waals surface area contributed by atoms with E-state index in [4.69, 9.17) is 11.6 Å². The van der Waals surface area contributed by atoms with Crippen LogP contribution in [-0.4, -0.2) is 16.8 Å². The van der Waals surface area contributed by atoms with Gasteiger partial charge in [-0.1, -0.05) is 59.3 Å². The molecular formula is C19H15ClN3O3S-. The molecule has 6 nitrogen and oxygen atoms in total. The summed E-state index contributed by atoms with van der Waals surface area (Å²) in [6, 6.07) is 13.9. The van der Waals surface area contributed by atoms with E-state index in [1.165, 1.54) is 22.9 Å². The van der Waals surface area contributed by atoms with E-state index in [2.05, 4.69) is 10.5 Å². The fourth-order valence-electron chi connectivity index (χ4n) is 2.46. The molecule has 0 atom stereocenters. The van der Waals surface area contributed by atoms with E-state index in [1.54, 1.807) is 12.1 Å². The van der Waals surface area contributed by atoms with Crippen LogP contribution in [0.4, 0.5) is 5.69 Å².